The van der Waals surface area contributed by atoms with E-state index in [1.54, 1.807) is 36.4 Å². The summed E-state index contributed by atoms with van der Waals surface area (Å²) in [6.45, 7) is 4.62. The van der Waals surface area contributed by atoms with E-state index in [1.165, 1.54) is 0 Å². The molecule has 0 fully saturated rings. The van der Waals surface area contributed by atoms with Gasteiger partial charge < -0.3 is 9.47 Å². The van der Waals surface area contributed by atoms with Crippen molar-refractivity contribution in [3.8, 4) is 22.6 Å². The summed E-state index contributed by atoms with van der Waals surface area (Å²) in [5, 5.41) is 0. The molecule has 0 radical (unpaired) electrons. The van der Waals surface area contributed by atoms with Crippen LogP contribution < -0.4 is 20.3 Å². The van der Waals surface area contributed by atoms with Crippen LogP contribution in [0.15, 0.2) is 78.9 Å². The molecule has 2 amide bonds. The minimum absolute atomic E-state index is 0.219. The van der Waals surface area contributed by atoms with Crippen molar-refractivity contribution in [1.82, 2.24) is 10.9 Å². The fourth-order valence-corrected chi connectivity index (χ4v) is 2.90. The van der Waals surface area contributed by atoms with Gasteiger partial charge in [0.05, 0.1) is 6.61 Å². The van der Waals surface area contributed by atoms with Crippen LogP contribution in [0.3, 0.4) is 0 Å². The number of carbonyl (C=O) groups is 2. The lowest BCUT2D eigenvalue weighted by atomic mass is 10.1. The summed E-state index contributed by atoms with van der Waals surface area (Å²) in [5.74, 6) is 0.833. The van der Waals surface area contributed by atoms with Crippen LogP contribution in [0.4, 0.5) is 0 Å². The van der Waals surface area contributed by atoms with Gasteiger partial charge in [0.2, 0.25) is 0 Å². The van der Waals surface area contributed by atoms with Gasteiger partial charge in [0.25, 0.3) is 11.8 Å². The van der Waals surface area contributed by atoms with Crippen molar-refractivity contribution in [2.45, 2.75) is 20.3 Å². The maximum absolute atomic E-state index is 12.3. The Hall–Kier alpha value is -3.80. The highest BCUT2D eigenvalue weighted by atomic mass is 16.5. The quantitative estimate of drug-likeness (QED) is 0.484. The second kappa shape index (κ2) is 11.6. The first-order chi connectivity index (χ1) is 15.5. The van der Waals surface area contributed by atoms with Gasteiger partial charge in [-0.2, -0.15) is 0 Å². The standard InChI is InChI=1S/C26H28N2O4/c1-19(2)15-16-31-24-10-6-9-22(17-24)26(30)28-27-25(29)18-32-23-13-11-21(12-14-23)20-7-4-3-5-8-20/h3-14,17,19H,15-16,18H2,1-2H3,(H,27,29)(H,28,30). The van der Waals surface area contributed by atoms with Crippen LogP contribution in [0.1, 0.15) is 30.6 Å². The Bertz CT molecular complexity index is 1020. The van der Waals surface area contributed by atoms with E-state index in [0.29, 0.717) is 29.6 Å². The molecular formula is C26H28N2O4. The molecular weight excluding hydrogens is 404 g/mol. The number of rotatable bonds is 9. The smallest absolute Gasteiger partial charge is 0.276 e. The van der Waals surface area contributed by atoms with Crippen molar-refractivity contribution in [2.75, 3.05) is 13.2 Å². The Kier molecular flexibility index (Phi) is 8.26. The number of benzene rings is 3. The van der Waals surface area contributed by atoms with E-state index in [4.69, 9.17) is 9.47 Å². The van der Waals surface area contributed by atoms with Crippen molar-refractivity contribution >= 4 is 11.8 Å². The van der Waals surface area contributed by atoms with Crippen LogP contribution >= 0.6 is 0 Å². The van der Waals surface area contributed by atoms with Crippen molar-refractivity contribution in [1.29, 1.82) is 0 Å². The highest BCUT2D eigenvalue weighted by molar-refractivity contribution is 5.95. The number of amides is 2. The number of hydrazine groups is 1. The number of ether oxygens (including phenoxy) is 2. The lowest BCUT2D eigenvalue weighted by molar-refractivity contribution is -0.123. The molecule has 0 aliphatic carbocycles. The summed E-state index contributed by atoms with van der Waals surface area (Å²) >= 11 is 0. The fraction of sp³-hybridized carbons (Fsp3) is 0.231. The zero-order valence-electron chi connectivity index (χ0n) is 18.3. The van der Waals surface area contributed by atoms with Crippen LogP contribution in [-0.4, -0.2) is 25.0 Å². The molecule has 3 rings (SSSR count). The summed E-state index contributed by atoms with van der Waals surface area (Å²) < 4.78 is 11.2. The predicted octanol–water partition coefficient (Wildman–Crippen LogP) is 4.62. The Balaban J connectivity index is 1.43. The molecule has 0 saturated carbocycles. The van der Waals surface area contributed by atoms with Gasteiger partial charge in [-0.15, -0.1) is 0 Å². The van der Waals surface area contributed by atoms with Crippen molar-refractivity contribution < 1.29 is 19.1 Å². The van der Waals surface area contributed by atoms with E-state index in [1.807, 2.05) is 42.5 Å². The SMILES string of the molecule is CC(C)CCOc1cccc(C(=O)NNC(=O)COc2ccc(-c3ccccc3)cc2)c1. The molecule has 32 heavy (non-hydrogen) atoms. The van der Waals surface area contributed by atoms with Crippen LogP contribution in [0.5, 0.6) is 11.5 Å². The van der Waals surface area contributed by atoms with E-state index in [2.05, 4.69) is 24.7 Å². The largest absolute Gasteiger partial charge is 0.494 e. The van der Waals surface area contributed by atoms with E-state index < -0.39 is 11.8 Å². The number of carbonyl (C=O) groups excluding carboxylic acids is 2. The minimum Gasteiger partial charge on any atom is -0.494 e. The zero-order valence-corrected chi connectivity index (χ0v) is 18.3. The normalized spacial score (nSPS) is 10.5. The first kappa shape index (κ1) is 22.9. The predicted molar refractivity (Wildman–Crippen MR) is 124 cm³/mol. The van der Waals surface area contributed by atoms with Gasteiger partial charge in [0.1, 0.15) is 11.5 Å². The molecule has 0 aliphatic heterocycles. The number of hydrogen-bond acceptors (Lipinski definition) is 4. The monoisotopic (exact) mass is 432 g/mol. The van der Waals surface area contributed by atoms with Crippen molar-refractivity contribution in [3.05, 3.63) is 84.4 Å². The molecule has 0 aliphatic rings. The third kappa shape index (κ3) is 7.16. The van der Waals surface area contributed by atoms with E-state index in [0.717, 1.165) is 17.5 Å². The molecule has 0 heterocycles. The van der Waals surface area contributed by atoms with E-state index in [9.17, 15) is 9.59 Å². The van der Waals surface area contributed by atoms with Gasteiger partial charge in [-0.3, -0.25) is 20.4 Å². The molecule has 0 aromatic heterocycles. The molecule has 0 saturated heterocycles. The fourth-order valence-electron chi connectivity index (χ4n) is 2.90. The summed E-state index contributed by atoms with van der Waals surface area (Å²) in [4.78, 5) is 24.3. The molecule has 0 bridgehead atoms. The molecule has 0 atom stereocenters. The molecule has 0 unspecified atom stereocenters. The highest BCUT2D eigenvalue weighted by Gasteiger charge is 2.09. The summed E-state index contributed by atoms with van der Waals surface area (Å²) in [6.07, 6.45) is 0.932. The first-order valence-corrected chi connectivity index (χ1v) is 10.6. The average Bonchev–Trinajstić information content (AvgIpc) is 2.82. The first-order valence-electron chi connectivity index (χ1n) is 10.6. The van der Waals surface area contributed by atoms with E-state index >= 15 is 0 Å². The van der Waals surface area contributed by atoms with Crippen LogP contribution in [0.2, 0.25) is 0 Å². The number of nitrogens with one attached hydrogen (secondary N) is 2. The molecule has 0 spiro atoms. The summed E-state index contributed by atoms with van der Waals surface area (Å²) in [5.41, 5.74) is 7.31. The molecule has 166 valence electrons. The zero-order chi connectivity index (χ0) is 22.8. The Labute approximate surface area is 188 Å². The van der Waals surface area contributed by atoms with Crippen molar-refractivity contribution in [3.63, 3.8) is 0 Å². The lowest BCUT2D eigenvalue weighted by Gasteiger charge is -2.11. The average molecular weight is 433 g/mol. The van der Waals surface area contributed by atoms with Crippen LogP contribution in [0.25, 0.3) is 11.1 Å². The minimum atomic E-state index is -0.463. The molecule has 2 N–H and O–H groups in total. The van der Waals surface area contributed by atoms with Crippen molar-refractivity contribution in [2.24, 2.45) is 5.92 Å². The second-order valence-corrected chi connectivity index (χ2v) is 7.74. The van der Waals surface area contributed by atoms with Gasteiger partial charge in [-0.05, 0) is 53.8 Å². The molecule has 3 aromatic rings. The van der Waals surface area contributed by atoms with Crippen LogP contribution in [0, 0.1) is 5.92 Å². The Morgan fingerprint density at radius 1 is 0.781 bits per heavy atom. The van der Waals surface area contributed by atoms with Gasteiger partial charge in [-0.1, -0.05) is 62.4 Å². The third-order valence-corrected chi connectivity index (χ3v) is 4.71. The van der Waals surface area contributed by atoms with Crippen LogP contribution in [-0.2, 0) is 4.79 Å². The van der Waals surface area contributed by atoms with Gasteiger partial charge in [0.15, 0.2) is 6.61 Å². The Morgan fingerprint density at radius 2 is 1.50 bits per heavy atom. The maximum Gasteiger partial charge on any atom is 0.276 e. The second-order valence-electron chi connectivity index (χ2n) is 7.74. The molecule has 6 nitrogen and oxygen atoms in total. The lowest BCUT2D eigenvalue weighted by Crippen LogP contribution is -2.43. The molecule has 6 heteroatoms. The molecule has 3 aromatic carbocycles. The number of hydrogen-bond donors (Lipinski definition) is 2. The van der Waals surface area contributed by atoms with Gasteiger partial charge >= 0.3 is 0 Å². The third-order valence-electron chi connectivity index (χ3n) is 4.71. The Morgan fingerprint density at radius 3 is 2.22 bits per heavy atom. The topological polar surface area (TPSA) is 76.7 Å². The maximum atomic E-state index is 12.3. The summed E-state index contributed by atoms with van der Waals surface area (Å²) in [7, 11) is 0. The van der Waals surface area contributed by atoms with Gasteiger partial charge in [-0.25, -0.2) is 0 Å². The highest BCUT2D eigenvalue weighted by Crippen LogP contribution is 2.22. The summed E-state index contributed by atoms with van der Waals surface area (Å²) in [6, 6.07) is 24.3. The van der Waals surface area contributed by atoms with Gasteiger partial charge in [0, 0.05) is 5.56 Å². The van der Waals surface area contributed by atoms with E-state index in [-0.39, 0.29) is 6.61 Å².